The highest BCUT2D eigenvalue weighted by molar-refractivity contribution is 7.16. The average Bonchev–Trinajstić information content (AvgIpc) is 3.01. The molecule has 0 aliphatic carbocycles. The molecular weight excluding hydrogens is 326 g/mol. The fourth-order valence-corrected chi connectivity index (χ4v) is 3.99. The van der Waals surface area contributed by atoms with Crippen molar-refractivity contribution in [2.24, 2.45) is 0 Å². The third kappa shape index (κ3) is 4.93. The summed E-state index contributed by atoms with van der Waals surface area (Å²) in [5, 5.41) is 4.40. The largest absolute Gasteiger partial charge is 0.383 e. The Morgan fingerprint density at radius 2 is 2.19 bits per heavy atom. The van der Waals surface area contributed by atoms with Crippen molar-refractivity contribution in [3.05, 3.63) is 31.9 Å². The smallest absolute Gasteiger partial charge is 0.185 e. The van der Waals surface area contributed by atoms with Crippen LogP contribution in [0, 0.1) is 6.92 Å². The first kappa shape index (κ1) is 16.7. The van der Waals surface area contributed by atoms with Gasteiger partial charge in [0.15, 0.2) is 5.13 Å². The van der Waals surface area contributed by atoms with Crippen molar-refractivity contribution >= 4 is 39.4 Å². The Kier molecular flexibility index (Phi) is 6.44. The van der Waals surface area contributed by atoms with Gasteiger partial charge >= 0.3 is 0 Å². The molecule has 2 aromatic heterocycles. The molecule has 2 rings (SSSR count). The Hall–Kier alpha value is -0.660. The first-order valence-corrected chi connectivity index (χ1v) is 8.72. The molecule has 0 bridgehead atoms. The lowest BCUT2D eigenvalue weighted by Gasteiger charge is -2.14. The minimum Gasteiger partial charge on any atom is -0.383 e. The molecular formula is C14H20ClN3OS2. The van der Waals surface area contributed by atoms with Gasteiger partial charge in [-0.15, -0.1) is 22.7 Å². The zero-order valence-corrected chi connectivity index (χ0v) is 14.9. The highest BCUT2D eigenvalue weighted by atomic mass is 35.5. The molecule has 0 atom stereocenters. The quantitative estimate of drug-likeness (QED) is 0.742. The number of nitrogens with one attached hydrogen (secondary N) is 1. The van der Waals surface area contributed by atoms with Gasteiger partial charge in [-0.25, -0.2) is 4.98 Å². The summed E-state index contributed by atoms with van der Waals surface area (Å²) in [6, 6.07) is 4.00. The second kappa shape index (κ2) is 8.10. The molecule has 0 saturated carbocycles. The summed E-state index contributed by atoms with van der Waals surface area (Å²) in [4.78, 5) is 9.34. The molecule has 2 aromatic rings. The number of halogens is 1. The molecule has 0 spiro atoms. The number of anilines is 1. The van der Waals surface area contributed by atoms with E-state index in [1.54, 1.807) is 29.8 Å². The fourth-order valence-electron chi connectivity index (χ4n) is 1.85. The van der Waals surface area contributed by atoms with Gasteiger partial charge in [0.2, 0.25) is 0 Å². The molecule has 0 fully saturated rings. The van der Waals surface area contributed by atoms with E-state index in [-0.39, 0.29) is 0 Å². The number of hydrogen-bond acceptors (Lipinski definition) is 6. The van der Waals surface area contributed by atoms with E-state index in [1.807, 2.05) is 6.07 Å². The van der Waals surface area contributed by atoms with Gasteiger partial charge < -0.3 is 15.0 Å². The molecule has 7 heteroatoms. The summed E-state index contributed by atoms with van der Waals surface area (Å²) in [5.41, 5.74) is 1.09. The third-order valence-electron chi connectivity index (χ3n) is 3.00. The average molecular weight is 346 g/mol. The first-order valence-electron chi connectivity index (χ1n) is 6.71. The van der Waals surface area contributed by atoms with Crippen LogP contribution in [0.25, 0.3) is 0 Å². The van der Waals surface area contributed by atoms with E-state index in [4.69, 9.17) is 16.3 Å². The molecule has 0 amide bonds. The van der Waals surface area contributed by atoms with Gasteiger partial charge in [-0.05, 0) is 19.1 Å². The summed E-state index contributed by atoms with van der Waals surface area (Å²) in [6.07, 6.45) is 0. The molecule has 0 radical (unpaired) electrons. The number of thiazole rings is 1. The lowest BCUT2D eigenvalue weighted by atomic mass is 10.4. The lowest BCUT2D eigenvalue weighted by molar-refractivity contribution is 0.199. The van der Waals surface area contributed by atoms with E-state index < -0.39 is 0 Å². The second-order valence-electron chi connectivity index (χ2n) is 4.74. The number of nitrogens with zero attached hydrogens (tertiary/aromatic N) is 2. The van der Waals surface area contributed by atoms with E-state index in [0.29, 0.717) is 0 Å². The number of thiophene rings is 1. The van der Waals surface area contributed by atoms with Crippen molar-refractivity contribution < 1.29 is 4.74 Å². The highest BCUT2D eigenvalue weighted by Crippen LogP contribution is 2.28. The molecule has 116 valence electrons. The minimum atomic E-state index is 0.726. The normalized spacial score (nSPS) is 11.0. The van der Waals surface area contributed by atoms with Crippen LogP contribution >= 0.6 is 34.3 Å². The maximum absolute atomic E-state index is 5.97. The van der Waals surface area contributed by atoms with Gasteiger partial charge in [0.1, 0.15) is 0 Å². The topological polar surface area (TPSA) is 37.4 Å². The van der Waals surface area contributed by atoms with E-state index >= 15 is 0 Å². The van der Waals surface area contributed by atoms with E-state index in [0.717, 1.165) is 41.4 Å². The van der Waals surface area contributed by atoms with Gasteiger partial charge in [-0.2, -0.15) is 0 Å². The SMILES string of the molecule is COCCNCc1sc(N(C)Cc2ccc(Cl)s2)nc1C. The van der Waals surface area contributed by atoms with Gasteiger partial charge in [0.25, 0.3) is 0 Å². The summed E-state index contributed by atoms with van der Waals surface area (Å²) in [7, 11) is 3.78. The van der Waals surface area contributed by atoms with Crippen molar-refractivity contribution in [2.45, 2.75) is 20.0 Å². The number of rotatable bonds is 8. The maximum atomic E-state index is 5.97. The number of hydrogen-bond donors (Lipinski definition) is 1. The monoisotopic (exact) mass is 345 g/mol. The van der Waals surface area contributed by atoms with Gasteiger partial charge in [-0.3, -0.25) is 0 Å². The zero-order valence-electron chi connectivity index (χ0n) is 12.5. The Morgan fingerprint density at radius 3 is 2.86 bits per heavy atom. The Labute approximate surface area is 138 Å². The van der Waals surface area contributed by atoms with Crippen LogP contribution in [0.4, 0.5) is 5.13 Å². The number of aromatic nitrogens is 1. The first-order chi connectivity index (χ1) is 10.1. The van der Waals surface area contributed by atoms with E-state index in [2.05, 4.69) is 35.2 Å². The standard InChI is InChI=1S/C14H20ClN3OS2/c1-10-12(8-16-6-7-19-3)21-14(17-10)18(2)9-11-4-5-13(15)20-11/h4-5,16H,6-9H2,1-3H3. The molecule has 21 heavy (non-hydrogen) atoms. The number of aryl methyl sites for hydroxylation is 1. The van der Waals surface area contributed by atoms with Crippen LogP contribution in [0.5, 0.6) is 0 Å². The Balaban J connectivity index is 1.93. The van der Waals surface area contributed by atoms with Gasteiger partial charge in [0.05, 0.1) is 23.2 Å². The summed E-state index contributed by atoms with van der Waals surface area (Å²) >= 11 is 9.32. The van der Waals surface area contributed by atoms with Crippen molar-refractivity contribution in [3.8, 4) is 0 Å². The minimum absolute atomic E-state index is 0.726. The second-order valence-corrected chi connectivity index (χ2v) is 7.60. The number of ether oxygens (including phenoxy) is 1. The predicted molar refractivity (Wildman–Crippen MR) is 91.9 cm³/mol. The van der Waals surface area contributed by atoms with Crippen molar-refractivity contribution in [1.82, 2.24) is 10.3 Å². The van der Waals surface area contributed by atoms with Crippen molar-refractivity contribution in [2.75, 3.05) is 32.2 Å². The summed E-state index contributed by atoms with van der Waals surface area (Å²) in [5.74, 6) is 0. The maximum Gasteiger partial charge on any atom is 0.185 e. The molecule has 0 aromatic carbocycles. The van der Waals surface area contributed by atoms with Gasteiger partial charge in [0, 0.05) is 37.0 Å². The van der Waals surface area contributed by atoms with Crippen molar-refractivity contribution in [1.29, 1.82) is 0 Å². The van der Waals surface area contributed by atoms with Crippen molar-refractivity contribution in [3.63, 3.8) is 0 Å². The molecule has 0 aliphatic rings. The van der Waals surface area contributed by atoms with Crippen LogP contribution < -0.4 is 10.2 Å². The molecule has 1 N–H and O–H groups in total. The molecule has 0 unspecified atom stereocenters. The molecule has 0 aliphatic heterocycles. The predicted octanol–water partition coefficient (Wildman–Crippen LogP) is 3.54. The zero-order chi connectivity index (χ0) is 15.2. The molecule has 4 nitrogen and oxygen atoms in total. The van der Waals surface area contributed by atoms with Crippen LogP contribution in [0.3, 0.4) is 0 Å². The van der Waals surface area contributed by atoms with E-state index in [9.17, 15) is 0 Å². The van der Waals surface area contributed by atoms with Crippen LogP contribution in [-0.2, 0) is 17.8 Å². The number of methoxy groups -OCH3 is 1. The van der Waals surface area contributed by atoms with Gasteiger partial charge in [-0.1, -0.05) is 11.6 Å². The molecule has 2 heterocycles. The highest BCUT2D eigenvalue weighted by Gasteiger charge is 2.12. The fraction of sp³-hybridized carbons (Fsp3) is 0.500. The van der Waals surface area contributed by atoms with Crippen LogP contribution in [-0.4, -0.2) is 32.3 Å². The lowest BCUT2D eigenvalue weighted by Crippen LogP contribution is -2.18. The summed E-state index contributed by atoms with van der Waals surface area (Å²) < 4.78 is 5.86. The third-order valence-corrected chi connectivity index (χ3v) is 5.49. The molecule has 0 saturated heterocycles. The van der Waals surface area contributed by atoms with Crippen LogP contribution in [0.1, 0.15) is 15.4 Å². The Morgan fingerprint density at radius 1 is 1.38 bits per heavy atom. The Bertz CT molecular complexity index is 570. The van der Waals surface area contributed by atoms with Crippen LogP contribution in [0.2, 0.25) is 4.34 Å². The van der Waals surface area contributed by atoms with Crippen LogP contribution in [0.15, 0.2) is 12.1 Å². The van der Waals surface area contributed by atoms with E-state index in [1.165, 1.54) is 9.75 Å². The summed E-state index contributed by atoms with van der Waals surface area (Å²) in [6.45, 7) is 5.31.